The summed E-state index contributed by atoms with van der Waals surface area (Å²) < 4.78 is 19.7. The first-order chi connectivity index (χ1) is 10.7. The van der Waals surface area contributed by atoms with E-state index in [4.69, 9.17) is 4.74 Å². The van der Waals surface area contributed by atoms with E-state index in [0.717, 1.165) is 0 Å². The zero-order chi connectivity index (χ0) is 17.2. The second kappa shape index (κ2) is 6.99. The number of Topliss-reactive ketones (excluding diaryl/α,β-unsaturated/α-hetero) is 1. The fraction of sp³-hybridized carbons (Fsp3) is 0.529. The molecule has 0 aliphatic carbocycles. The van der Waals surface area contributed by atoms with Gasteiger partial charge < -0.3 is 9.64 Å². The van der Waals surface area contributed by atoms with E-state index in [-0.39, 0.29) is 23.4 Å². The smallest absolute Gasteiger partial charge is 0.410 e. The Balaban J connectivity index is 1.99. The van der Waals surface area contributed by atoms with Crippen molar-refractivity contribution in [2.45, 2.75) is 39.2 Å². The number of piperidine rings is 1. The largest absolute Gasteiger partial charge is 0.444 e. The molecule has 0 spiro atoms. The highest BCUT2D eigenvalue weighted by molar-refractivity contribution is 9.10. The third-order valence-electron chi connectivity index (χ3n) is 3.73. The highest BCUT2D eigenvalue weighted by Crippen LogP contribution is 2.28. The summed E-state index contributed by atoms with van der Waals surface area (Å²) in [6, 6.07) is 4.50. The number of amides is 1. The van der Waals surface area contributed by atoms with Crippen LogP contribution in [0.25, 0.3) is 0 Å². The maximum atomic E-state index is 13.9. The summed E-state index contributed by atoms with van der Waals surface area (Å²) in [6.07, 6.45) is 0.660. The van der Waals surface area contributed by atoms with Gasteiger partial charge in [-0.05, 0) is 61.7 Å². The Morgan fingerprint density at radius 3 is 2.39 bits per heavy atom. The quantitative estimate of drug-likeness (QED) is 0.707. The molecule has 0 unspecified atom stereocenters. The van der Waals surface area contributed by atoms with Crippen molar-refractivity contribution in [3.8, 4) is 0 Å². The molecule has 23 heavy (non-hydrogen) atoms. The van der Waals surface area contributed by atoms with Gasteiger partial charge in [-0.3, -0.25) is 4.79 Å². The highest BCUT2D eigenvalue weighted by atomic mass is 79.9. The van der Waals surface area contributed by atoms with Crippen molar-refractivity contribution in [1.29, 1.82) is 0 Å². The van der Waals surface area contributed by atoms with E-state index < -0.39 is 11.4 Å². The Labute approximate surface area is 144 Å². The van der Waals surface area contributed by atoms with E-state index in [1.54, 1.807) is 17.0 Å². The number of ketones is 1. The van der Waals surface area contributed by atoms with E-state index in [2.05, 4.69) is 15.9 Å². The van der Waals surface area contributed by atoms with Crippen molar-refractivity contribution in [3.05, 3.63) is 34.1 Å². The number of halogens is 2. The lowest BCUT2D eigenvalue weighted by Crippen LogP contribution is -2.43. The Morgan fingerprint density at radius 2 is 1.87 bits per heavy atom. The third kappa shape index (κ3) is 4.53. The number of hydrogen-bond acceptors (Lipinski definition) is 3. The molecule has 0 N–H and O–H groups in total. The van der Waals surface area contributed by atoms with Crippen LogP contribution in [0.15, 0.2) is 22.7 Å². The standard InChI is InChI=1S/C17H21BrFNO3/c1-17(2,3)23-16(22)20-9-7-11(8-10-20)15(21)14-12(18)5-4-6-13(14)19/h4-6,11H,7-10H2,1-3H3. The first-order valence-corrected chi connectivity index (χ1v) is 8.44. The van der Waals surface area contributed by atoms with Gasteiger partial charge in [0.05, 0.1) is 5.56 Å². The van der Waals surface area contributed by atoms with Gasteiger partial charge in [-0.1, -0.05) is 6.07 Å². The molecule has 1 fully saturated rings. The predicted molar refractivity (Wildman–Crippen MR) is 89.0 cm³/mol. The number of ether oxygens (including phenoxy) is 1. The number of carbonyl (C=O) groups is 2. The fourth-order valence-electron chi connectivity index (χ4n) is 2.59. The molecule has 2 rings (SSSR count). The monoisotopic (exact) mass is 385 g/mol. The molecule has 6 heteroatoms. The van der Waals surface area contributed by atoms with E-state index in [1.165, 1.54) is 6.07 Å². The van der Waals surface area contributed by atoms with Gasteiger partial charge in [-0.15, -0.1) is 0 Å². The molecule has 1 aromatic rings. The molecule has 0 atom stereocenters. The maximum absolute atomic E-state index is 13.9. The second-order valence-electron chi connectivity index (χ2n) is 6.70. The Bertz CT molecular complexity index is 584. The summed E-state index contributed by atoms with van der Waals surface area (Å²) in [5.74, 6) is -1.00. The summed E-state index contributed by atoms with van der Waals surface area (Å²) in [6.45, 7) is 6.33. The summed E-state index contributed by atoms with van der Waals surface area (Å²) in [4.78, 5) is 26.2. The number of rotatable bonds is 2. The van der Waals surface area contributed by atoms with Crippen LogP contribution in [0.4, 0.5) is 9.18 Å². The molecule has 1 amide bonds. The summed E-state index contributed by atoms with van der Waals surface area (Å²) in [7, 11) is 0. The van der Waals surface area contributed by atoms with Crippen LogP contribution in [0.3, 0.4) is 0 Å². The molecule has 0 aromatic heterocycles. The zero-order valence-corrected chi connectivity index (χ0v) is 15.2. The van der Waals surface area contributed by atoms with E-state index in [0.29, 0.717) is 30.4 Å². The number of nitrogens with zero attached hydrogens (tertiary/aromatic N) is 1. The van der Waals surface area contributed by atoms with Crippen molar-refractivity contribution >= 4 is 27.8 Å². The van der Waals surface area contributed by atoms with Gasteiger partial charge in [-0.2, -0.15) is 0 Å². The van der Waals surface area contributed by atoms with Crippen LogP contribution >= 0.6 is 15.9 Å². The van der Waals surface area contributed by atoms with E-state index in [1.807, 2.05) is 20.8 Å². The number of carbonyl (C=O) groups excluding carboxylic acids is 2. The van der Waals surface area contributed by atoms with Crippen LogP contribution in [0.5, 0.6) is 0 Å². The van der Waals surface area contributed by atoms with Crippen LogP contribution in [-0.2, 0) is 4.74 Å². The first-order valence-electron chi connectivity index (χ1n) is 7.65. The highest BCUT2D eigenvalue weighted by Gasteiger charge is 2.31. The molecular weight excluding hydrogens is 365 g/mol. The van der Waals surface area contributed by atoms with Crippen molar-refractivity contribution in [2.24, 2.45) is 5.92 Å². The number of hydrogen-bond donors (Lipinski definition) is 0. The van der Waals surface area contributed by atoms with Gasteiger partial charge in [0, 0.05) is 23.5 Å². The second-order valence-corrected chi connectivity index (χ2v) is 7.56. The van der Waals surface area contributed by atoms with Crippen molar-refractivity contribution in [3.63, 3.8) is 0 Å². The average molecular weight is 386 g/mol. The lowest BCUT2D eigenvalue weighted by atomic mass is 9.89. The average Bonchev–Trinajstić information content (AvgIpc) is 2.45. The zero-order valence-electron chi connectivity index (χ0n) is 13.6. The molecular formula is C17H21BrFNO3. The first kappa shape index (κ1) is 17.9. The molecule has 0 saturated carbocycles. The normalized spacial score (nSPS) is 16.3. The molecule has 1 aliphatic rings. The van der Waals surface area contributed by atoms with Crippen molar-refractivity contribution in [2.75, 3.05) is 13.1 Å². The Kier molecular flexibility index (Phi) is 5.45. The van der Waals surface area contributed by atoms with Crippen LogP contribution in [-0.4, -0.2) is 35.5 Å². The Morgan fingerprint density at radius 1 is 1.26 bits per heavy atom. The van der Waals surface area contributed by atoms with Gasteiger partial charge in [0.15, 0.2) is 5.78 Å². The number of likely N-dealkylation sites (tertiary alicyclic amines) is 1. The van der Waals surface area contributed by atoms with Crippen LogP contribution < -0.4 is 0 Å². The molecule has 126 valence electrons. The minimum Gasteiger partial charge on any atom is -0.444 e. The van der Waals surface area contributed by atoms with Crippen LogP contribution in [0.1, 0.15) is 44.0 Å². The van der Waals surface area contributed by atoms with Crippen LogP contribution in [0, 0.1) is 11.7 Å². The van der Waals surface area contributed by atoms with Gasteiger partial charge >= 0.3 is 6.09 Å². The SMILES string of the molecule is CC(C)(C)OC(=O)N1CCC(C(=O)c2c(F)cccc2Br)CC1. The minimum atomic E-state index is -0.540. The van der Waals surface area contributed by atoms with Crippen molar-refractivity contribution in [1.82, 2.24) is 4.90 Å². The lowest BCUT2D eigenvalue weighted by molar-refractivity contribution is 0.0182. The molecule has 4 nitrogen and oxygen atoms in total. The van der Waals surface area contributed by atoms with Crippen molar-refractivity contribution < 1.29 is 18.7 Å². The topological polar surface area (TPSA) is 46.6 Å². The van der Waals surface area contributed by atoms with Crippen LogP contribution in [0.2, 0.25) is 0 Å². The van der Waals surface area contributed by atoms with E-state index >= 15 is 0 Å². The molecule has 0 radical (unpaired) electrons. The molecule has 1 aromatic carbocycles. The maximum Gasteiger partial charge on any atom is 0.410 e. The third-order valence-corrected chi connectivity index (χ3v) is 4.39. The Hall–Kier alpha value is -1.43. The molecule has 1 aliphatic heterocycles. The summed E-state index contributed by atoms with van der Waals surface area (Å²) in [5.41, 5.74) is -0.440. The van der Waals surface area contributed by atoms with Gasteiger partial charge in [0.1, 0.15) is 11.4 Å². The molecule has 0 bridgehead atoms. The molecule has 1 heterocycles. The number of benzene rings is 1. The van der Waals surface area contributed by atoms with Gasteiger partial charge in [-0.25, -0.2) is 9.18 Å². The van der Waals surface area contributed by atoms with Gasteiger partial charge in [0.2, 0.25) is 0 Å². The summed E-state index contributed by atoms with van der Waals surface area (Å²) in [5, 5.41) is 0. The van der Waals surface area contributed by atoms with E-state index in [9.17, 15) is 14.0 Å². The fourth-order valence-corrected chi connectivity index (χ4v) is 3.13. The predicted octanol–water partition coefficient (Wildman–Crippen LogP) is 4.42. The molecule has 1 saturated heterocycles. The summed E-state index contributed by atoms with van der Waals surface area (Å²) >= 11 is 3.24. The lowest BCUT2D eigenvalue weighted by Gasteiger charge is -2.33. The minimum absolute atomic E-state index is 0.100. The van der Waals surface area contributed by atoms with Gasteiger partial charge in [0.25, 0.3) is 0 Å².